The fraction of sp³-hybridized carbons (Fsp3) is 0.182. The topological polar surface area (TPSA) is 76.3 Å². The molecule has 0 spiro atoms. The molecule has 0 unspecified atom stereocenters. The SMILES string of the molecule is C#CCOC(=O)Nc1cccc(-c2c(C#N)c3c(n2C)=CC(OC)=CCC=3)c1. The molecular weight excluding hydrogens is 354 g/mol. The van der Waals surface area contributed by atoms with Gasteiger partial charge in [0.1, 0.15) is 11.8 Å². The molecule has 0 aliphatic heterocycles. The summed E-state index contributed by atoms with van der Waals surface area (Å²) in [6.07, 6.45) is 11.0. The minimum absolute atomic E-state index is 0.102. The predicted molar refractivity (Wildman–Crippen MR) is 107 cm³/mol. The highest BCUT2D eigenvalue weighted by molar-refractivity contribution is 5.86. The monoisotopic (exact) mass is 373 g/mol. The van der Waals surface area contributed by atoms with Crippen molar-refractivity contribution in [3.63, 3.8) is 0 Å². The molecule has 1 aromatic carbocycles. The maximum Gasteiger partial charge on any atom is 0.412 e. The maximum atomic E-state index is 11.8. The number of hydrogen-bond acceptors (Lipinski definition) is 4. The van der Waals surface area contributed by atoms with E-state index in [2.05, 4.69) is 17.3 Å². The third-order valence-corrected chi connectivity index (χ3v) is 4.42. The summed E-state index contributed by atoms with van der Waals surface area (Å²) >= 11 is 0. The van der Waals surface area contributed by atoms with Gasteiger partial charge >= 0.3 is 6.09 Å². The van der Waals surface area contributed by atoms with Gasteiger partial charge in [-0.3, -0.25) is 5.32 Å². The molecule has 0 atom stereocenters. The molecule has 1 aliphatic rings. The van der Waals surface area contributed by atoms with Gasteiger partial charge in [0.25, 0.3) is 0 Å². The normalized spacial score (nSPS) is 12.1. The third kappa shape index (κ3) is 3.62. The van der Waals surface area contributed by atoms with Gasteiger partial charge in [-0.25, -0.2) is 4.79 Å². The number of methoxy groups -OCH3 is 1. The smallest absolute Gasteiger partial charge is 0.412 e. The van der Waals surface area contributed by atoms with Crippen molar-refractivity contribution in [3.8, 4) is 29.7 Å². The summed E-state index contributed by atoms with van der Waals surface area (Å²) in [6, 6.07) is 9.55. The van der Waals surface area contributed by atoms with Crippen molar-refractivity contribution in [2.24, 2.45) is 7.05 Å². The van der Waals surface area contributed by atoms with Gasteiger partial charge in [0.05, 0.1) is 23.7 Å². The van der Waals surface area contributed by atoms with Crippen molar-refractivity contribution < 1.29 is 14.3 Å². The average Bonchev–Trinajstić information content (AvgIpc) is 2.84. The zero-order valence-electron chi connectivity index (χ0n) is 15.7. The lowest BCUT2D eigenvalue weighted by Crippen LogP contribution is -2.28. The molecule has 28 heavy (non-hydrogen) atoms. The van der Waals surface area contributed by atoms with Crippen LogP contribution >= 0.6 is 0 Å². The van der Waals surface area contributed by atoms with Crippen LogP contribution in [0, 0.1) is 23.7 Å². The third-order valence-electron chi connectivity index (χ3n) is 4.42. The Balaban J connectivity index is 2.09. The second-order valence-corrected chi connectivity index (χ2v) is 6.07. The number of rotatable bonds is 4. The first-order chi connectivity index (χ1) is 13.6. The van der Waals surface area contributed by atoms with Crippen molar-refractivity contribution in [1.29, 1.82) is 5.26 Å². The van der Waals surface area contributed by atoms with E-state index < -0.39 is 6.09 Å². The molecule has 0 radical (unpaired) electrons. The van der Waals surface area contributed by atoms with Crippen molar-refractivity contribution in [2.45, 2.75) is 6.42 Å². The first-order valence-corrected chi connectivity index (χ1v) is 8.61. The van der Waals surface area contributed by atoms with E-state index in [1.165, 1.54) is 0 Å². The molecule has 140 valence electrons. The summed E-state index contributed by atoms with van der Waals surface area (Å²) in [6.45, 7) is -0.102. The van der Waals surface area contributed by atoms with Gasteiger partial charge in [-0.2, -0.15) is 5.26 Å². The van der Waals surface area contributed by atoms with Gasteiger partial charge in [-0.05, 0) is 24.6 Å². The number of anilines is 1. The number of amides is 1. The Morgan fingerprint density at radius 2 is 2.21 bits per heavy atom. The van der Waals surface area contributed by atoms with Crippen LogP contribution in [0.1, 0.15) is 12.0 Å². The molecule has 0 saturated heterocycles. The lowest BCUT2D eigenvalue weighted by molar-refractivity contribution is 0.176. The second kappa shape index (κ2) is 8.20. The van der Waals surface area contributed by atoms with E-state index in [1.54, 1.807) is 25.3 Å². The highest BCUT2D eigenvalue weighted by Gasteiger charge is 2.16. The molecular formula is C22H19N3O3. The number of nitrogens with one attached hydrogen (secondary N) is 1. The minimum atomic E-state index is -0.630. The Hall–Kier alpha value is -3.90. The Bertz CT molecular complexity index is 1160. The number of fused-ring (bicyclic) bond motifs is 1. The molecule has 1 amide bonds. The number of terminal acetylenes is 1. The molecule has 6 heteroatoms. The molecule has 3 rings (SSSR count). The van der Waals surface area contributed by atoms with E-state index in [-0.39, 0.29) is 6.61 Å². The lowest BCUT2D eigenvalue weighted by atomic mass is 10.1. The molecule has 6 nitrogen and oxygen atoms in total. The van der Waals surface area contributed by atoms with Crippen LogP contribution in [-0.2, 0) is 16.5 Å². The number of carbonyl (C=O) groups excluding carboxylic acids is 1. The van der Waals surface area contributed by atoms with Gasteiger partial charge in [-0.1, -0.05) is 24.1 Å². The largest absolute Gasteiger partial charge is 0.497 e. The fourth-order valence-electron chi connectivity index (χ4n) is 3.19. The minimum Gasteiger partial charge on any atom is -0.497 e. The van der Waals surface area contributed by atoms with Gasteiger partial charge in [0.2, 0.25) is 0 Å². The maximum absolute atomic E-state index is 11.8. The number of carbonyl (C=O) groups is 1. The van der Waals surface area contributed by atoms with Crippen LogP contribution in [0.25, 0.3) is 23.4 Å². The zero-order valence-corrected chi connectivity index (χ0v) is 15.7. The van der Waals surface area contributed by atoms with E-state index in [4.69, 9.17) is 15.9 Å². The van der Waals surface area contributed by atoms with E-state index in [9.17, 15) is 10.1 Å². The predicted octanol–water partition coefficient (Wildman–Crippen LogP) is 2.24. The number of allylic oxidation sites excluding steroid dienone is 2. The molecule has 1 aliphatic carbocycles. The van der Waals surface area contributed by atoms with Gasteiger partial charge in [0.15, 0.2) is 6.61 Å². The van der Waals surface area contributed by atoms with Crippen molar-refractivity contribution in [1.82, 2.24) is 4.57 Å². The Labute approximate surface area is 163 Å². The van der Waals surface area contributed by atoms with E-state index in [1.807, 2.05) is 35.9 Å². The Kier molecular flexibility index (Phi) is 5.53. The van der Waals surface area contributed by atoms with Gasteiger partial charge < -0.3 is 14.0 Å². The van der Waals surface area contributed by atoms with Crippen molar-refractivity contribution >= 4 is 23.9 Å². The van der Waals surface area contributed by atoms with Crippen LogP contribution in [0.2, 0.25) is 0 Å². The van der Waals surface area contributed by atoms with Crippen LogP contribution in [0.5, 0.6) is 0 Å². The highest BCUT2D eigenvalue weighted by atomic mass is 16.5. The first kappa shape index (κ1) is 18.9. The number of ether oxygens (including phenoxy) is 2. The van der Waals surface area contributed by atoms with E-state index in [0.29, 0.717) is 17.7 Å². The molecule has 1 aromatic heterocycles. The van der Waals surface area contributed by atoms with Crippen LogP contribution in [0.4, 0.5) is 10.5 Å². The number of nitrogens with zero attached hydrogens (tertiary/aromatic N) is 2. The molecule has 1 heterocycles. The number of aromatic nitrogens is 1. The number of nitriles is 1. The number of hydrogen-bond donors (Lipinski definition) is 1. The summed E-state index contributed by atoms with van der Waals surface area (Å²) in [7, 11) is 3.52. The molecule has 2 aromatic rings. The highest BCUT2D eigenvalue weighted by Crippen LogP contribution is 2.24. The standard InChI is InChI=1S/C22H19N3O3/c1-4-11-28-22(26)24-16-8-5-7-15(12-16)21-19(14-23)18-10-6-9-17(27-3)13-20(18)25(21)2/h1,5,7-10,12-13H,6,11H2,2-3H3,(H,24,26). The Morgan fingerprint density at radius 1 is 1.39 bits per heavy atom. The van der Waals surface area contributed by atoms with Crippen molar-refractivity contribution in [2.75, 3.05) is 19.0 Å². The number of benzene rings is 1. The molecule has 0 fully saturated rings. The lowest BCUT2D eigenvalue weighted by Gasteiger charge is -2.09. The molecule has 0 bridgehead atoms. The quantitative estimate of drug-likeness (QED) is 0.834. The van der Waals surface area contributed by atoms with Crippen LogP contribution in [0.3, 0.4) is 0 Å². The summed E-state index contributed by atoms with van der Waals surface area (Å²) < 4.78 is 12.2. The van der Waals surface area contributed by atoms with E-state index in [0.717, 1.165) is 27.6 Å². The second-order valence-electron chi connectivity index (χ2n) is 6.07. The van der Waals surface area contributed by atoms with Gasteiger partial charge in [0, 0.05) is 29.6 Å². The van der Waals surface area contributed by atoms with Crippen LogP contribution < -0.4 is 15.9 Å². The first-order valence-electron chi connectivity index (χ1n) is 8.61. The molecule has 1 N–H and O–H groups in total. The van der Waals surface area contributed by atoms with Crippen molar-refractivity contribution in [3.05, 3.63) is 52.2 Å². The summed E-state index contributed by atoms with van der Waals surface area (Å²) in [4.78, 5) is 11.8. The van der Waals surface area contributed by atoms with E-state index >= 15 is 0 Å². The summed E-state index contributed by atoms with van der Waals surface area (Å²) in [5.74, 6) is 2.99. The molecule has 0 saturated carbocycles. The van der Waals surface area contributed by atoms with Crippen LogP contribution in [-0.4, -0.2) is 24.4 Å². The van der Waals surface area contributed by atoms with Gasteiger partial charge in [-0.15, -0.1) is 6.42 Å². The fourth-order valence-corrected chi connectivity index (χ4v) is 3.19. The summed E-state index contributed by atoms with van der Waals surface area (Å²) in [5, 5.41) is 14.2. The summed E-state index contributed by atoms with van der Waals surface area (Å²) in [5.41, 5.74) is 2.68. The average molecular weight is 373 g/mol. The van der Waals surface area contributed by atoms with Crippen LogP contribution in [0.15, 0.2) is 36.1 Å². The zero-order chi connectivity index (χ0) is 20.1. The Morgan fingerprint density at radius 3 is 2.93 bits per heavy atom.